The number of benzene rings is 1. The highest BCUT2D eigenvalue weighted by atomic mass is 32.1. The van der Waals surface area contributed by atoms with Gasteiger partial charge in [0.2, 0.25) is 0 Å². The van der Waals surface area contributed by atoms with E-state index < -0.39 is 0 Å². The zero-order valence-electron chi connectivity index (χ0n) is 16.5. The molecule has 0 aliphatic carbocycles. The fourth-order valence-electron chi connectivity index (χ4n) is 3.44. The number of hydrogen-bond donors (Lipinski definition) is 0. The van der Waals surface area contributed by atoms with Crippen molar-refractivity contribution in [1.82, 2.24) is 14.6 Å². The molecule has 2 aromatic heterocycles. The van der Waals surface area contributed by atoms with Crippen molar-refractivity contribution in [2.45, 2.75) is 25.9 Å². The Morgan fingerprint density at radius 1 is 1.24 bits per heavy atom. The SMILES string of the molecule is COc1ccc([C@H]2CC(c3cccs3)=NN2C(=O)Cn2ccnc2C)cc1OC. The number of carbonyl (C=O) groups excluding carboxylic acids is 1. The molecule has 150 valence electrons. The Bertz CT molecular complexity index is 1040. The highest BCUT2D eigenvalue weighted by Crippen LogP contribution is 2.38. The topological polar surface area (TPSA) is 69.0 Å². The number of rotatable bonds is 6. The molecular formula is C21H22N4O3S. The van der Waals surface area contributed by atoms with Crippen LogP contribution in [0.25, 0.3) is 0 Å². The average Bonchev–Trinajstić information content (AvgIpc) is 3.48. The molecule has 1 amide bonds. The van der Waals surface area contributed by atoms with Crippen molar-refractivity contribution in [1.29, 1.82) is 0 Å². The molecule has 0 radical (unpaired) electrons. The van der Waals surface area contributed by atoms with Crippen LogP contribution in [0.3, 0.4) is 0 Å². The summed E-state index contributed by atoms with van der Waals surface area (Å²) in [5.74, 6) is 1.99. The summed E-state index contributed by atoms with van der Waals surface area (Å²) in [6, 6.07) is 9.56. The molecule has 1 atom stereocenters. The first-order chi connectivity index (χ1) is 14.1. The van der Waals surface area contributed by atoms with Gasteiger partial charge in [0, 0.05) is 18.8 Å². The third-order valence-corrected chi connectivity index (χ3v) is 5.91. The second-order valence-corrected chi connectivity index (χ2v) is 7.65. The van der Waals surface area contributed by atoms with Gasteiger partial charge in [-0.1, -0.05) is 12.1 Å². The number of aryl methyl sites for hydroxylation is 1. The van der Waals surface area contributed by atoms with Crippen LogP contribution in [-0.4, -0.2) is 40.4 Å². The zero-order chi connectivity index (χ0) is 20.4. The standard InChI is InChI=1S/C21H22N4O3S/c1-14-22-8-9-24(14)13-21(26)25-17(12-16(23-25)20-5-4-10-29-20)15-6-7-18(27-2)19(11-15)28-3/h4-11,17H,12-13H2,1-3H3/t17-/m1/s1. The van der Waals surface area contributed by atoms with E-state index in [0.29, 0.717) is 17.9 Å². The van der Waals surface area contributed by atoms with Gasteiger partial charge in [-0.25, -0.2) is 9.99 Å². The fourth-order valence-corrected chi connectivity index (χ4v) is 4.16. The number of nitrogens with zero attached hydrogens (tertiary/aromatic N) is 4. The number of carbonyl (C=O) groups is 1. The normalized spacial score (nSPS) is 16.0. The lowest BCUT2D eigenvalue weighted by atomic mass is 10.0. The van der Waals surface area contributed by atoms with Gasteiger partial charge in [0.25, 0.3) is 5.91 Å². The van der Waals surface area contributed by atoms with Gasteiger partial charge < -0.3 is 14.0 Å². The van der Waals surface area contributed by atoms with Crippen LogP contribution in [-0.2, 0) is 11.3 Å². The van der Waals surface area contributed by atoms with Gasteiger partial charge in [-0.05, 0) is 36.1 Å². The molecular weight excluding hydrogens is 388 g/mol. The number of aromatic nitrogens is 2. The molecule has 0 N–H and O–H groups in total. The number of imidazole rings is 1. The number of amides is 1. The van der Waals surface area contributed by atoms with Crippen molar-refractivity contribution in [2.75, 3.05) is 14.2 Å². The van der Waals surface area contributed by atoms with Crippen molar-refractivity contribution < 1.29 is 14.3 Å². The molecule has 1 aromatic carbocycles. The Morgan fingerprint density at radius 3 is 2.72 bits per heavy atom. The monoisotopic (exact) mass is 410 g/mol. The molecule has 1 aliphatic heterocycles. The van der Waals surface area contributed by atoms with Crippen LogP contribution >= 0.6 is 11.3 Å². The first kappa shape index (κ1) is 19.2. The Kier molecular flexibility index (Phi) is 5.35. The maximum absolute atomic E-state index is 13.2. The van der Waals surface area contributed by atoms with Gasteiger partial charge in [0.1, 0.15) is 12.4 Å². The van der Waals surface area contributed by atoms with E-state index in [1.165, 1.54) is 0 Å². The van der Waals surface area contributed by atoms with Crippen LogP contribution in [0.1, 0.15) is 28.7 Å². The lowest BCUT2D eigenvalue weighted by Crippen LogP contribution is -2.30. The summed E-state index contributed by atoms with van der Waals surface area (Å²) >= 11 is 1.62. The van der Waals surface area contributed by atoms with Gasteiger partial charge in [-0.2, -0.15) is 5.10 Å². The van der Waals surface area contributed by atoms with Crippen molar-refractivity contribution in [3.05, 3.63) is 64.4 Å². The highest BCUT2D eigenvalue weighted by molar-refractivity contribution is 7.12. The third-order valence-electron chi connectivity index (χ3n) is 4.99. The van der Waals surface area contributed by atoms with Crippen LogP contribution in [0.15, 0.2) is 53.2 Å². The van der Waals surface area contributed by atoms with E-state index >= 15 is 0 Å². The molecule has 0 fully saturated rings. The molecule has 1 aliphatic rings. The molecule has 7 nitrogen and oxygen atoms in total. The summed E-state index contributed by atoms with van der Waals surface area (Å²) in [6.07, 6.45) is 4.14. The molecule has 29 heavy (non-hydrogen) atoms. The van der Waals surface area contributed by atoms with E-state index in [9.17, 15) is 4.79 Å². The van der Waals surface area contributed by atoms with E-state index in [-0.39, 0.29) is 18.5 Å². The minimum Gasteiger partial charge on any atom is -0.493 e. The smallest absolute Gasteiger partial charge is 0.263 e. The van der Waals surface area contributed by atoms with E-state index in [2.05, 4.69) is 4.98 Å². The van der Waals surface area contributed by atoms with E-state index in [1.807, 2.05) is 47.2 Å². The van der Waals surface area contributed by atoms with Crippen molar-refractivity contribution >= 4 is 23.0 Å². The summed E-state index contributed by atoms with van der Waals surface area (Å²) in [5.41, 5.74) is 1.86. The number of thiophene rings is 1. The summed E-state index contributed by atoms with van der Waals surface area (Å²) in [7, 11) is 3.21. The zero-order valence-corrected chi connectivity index (χ0v) is 17.3. The van der Waals surface area contributed by atoms with Crippen molar-refractivity contribution in [3.8, 4) is 11.5 Å². The fraction of sp³-hybridized carbons (Fsp3) is 0.286. The maximum atomic E-state index is 13.2. The van der Waals surface area contributed by atoms with E-state index in [0.717, 1.165) is 22.0 Å². The van der Waals surface area contributed by atoms with Crippen LogP contribution < -0.4 is 9.47 Å². The number of hydrazone groups is 1. The van der Waals surface area contributed by atoms with Crippen LogP contribution in [0, 0.1) is 6.92 Å². The Labute approximate surface area is 173 Å². The van der Waals surface area contributed by atoms with E-state index in [4.69, 9.17) is 14.6 Å². The number of hydrogen-bond acceptors (Lipinski definition) is 6. The molecule has 0 bridgehead atoms. The van der Waals surface area contributed by atoms with Crippen LogP contribution in [0.4, 0.5) is 0 Å². The Balaban J connectivity index is 1.67. The van der Waals surface area contributed by atoms with Crippen molar-refractivity contribution in [2.24, 2.45) is 5.10 Å². The molecule has 8 heteroatoms. The van der Waals surface area contributed by atoms with Gasteiger partial charge in [0.15, 0.2) is 11.5 Å². The molecule has 4 rings (SSSR count). The molecule has 0 saturated carbocycles. The predicted octanol–water partition coefficient (Wildman–Crippen LogP) is 3.65. The second kappa shape index (κ2) is 8.08. The highest BCUT2D eigenvalue weighted by Gasteiger charge is 2.34. The quantitative estimate of drug-likeness (QED) is 0.622. The molecule has 3 aromatic rings. The third kappa shape index (κ3) is 3.75. The first-order valence-corrected chi connectivity index (χ1v) is 10.1. The van der Waals surface area contributed by atoms with Crippen molar-refractivity contribution in [3.63, 3.8) is 0 Å². The van der Waals surface area contributed by atoms with Gasteiger partial charge >= 0.3 is 0 Å². The first-order valence-electron chi connectivity index (χ1n) is 9.23. The lowest BCUT2D eigenvalue weighted by Gasteiger charge is -2.23. The minimum absolute atomic E-state index is 0.0857. The van der Waals surface area contributed by atoms with Crippen LogP contribution in [0.5, 0.6) is 11.5 Å². The predicted molar refractivity (Wildman–Crippen MR) is 112 cm³/mol. The second-order valence-electron chi connectivity index (χ2n) is 6.70. The summed E-state index contributed by atoms with van der Waals surface area (Å²) in [5, 5.41) is 8.31. The summed E-state index contributed by atoms with van der Waals surface area (Å²) < 4.78 is 12.6. The summed E-state index contributed by atoms with van der Waals surface area (Å²) in [4.78, 5) is 18.4. The molecule has 0 saturated heterocycles. The summed E-state index contributed by atoms with van der Waals surface area (Å²) in [6.45, 7) is 2.07. The van der Waals surface area contributed by atoms with E-state index in [1.54, 1.807) is 43.0 Å². The number of ether oxygens (including phenoxy) is 2. The molecule has 3 heterocycles. The van der Waals surface area contributed by atoms with Gasteiger partial charge in [-0.3, -0.25) is 4.79 Å². The Hall–Kier alpha value is -3.13. The number of methoxy groups -OCH3 is 2. The average molecular weight is 410 g/mol. The largest absolute Gasteiger partial charge is 0.493 e. The molecule has 0 spiro atoms. The van der Waals surface area contributed by atoms with Gasteiger partial charge in [-0.15, -0.1) is 11.3 Å². The Morgan fingerprint density at radius 2 is 2.07 bits per heavy atom. The molecule has 0 unspecified atom stereocenters. The van der Waals surface area contributed by atoms with Gasteiger partial charge in [0.05, 0.1) is 30.9 Å². The maximum Gasteiger partial charge on any atom is 0.263 e. The minimum atomic E-state index is -0.205. The van der Waals surface area contributed by atoms with Crippen LogP contribution in [0.2, 0.25) is 0 Å². The lowest BCUT2D eigenvalue weighted by molar-refractivity contribution is -0.133.